The maximum atomic E-state index is 12.8. The predicted molar refractivity (Wildman–Crippen MR) is 102 cm³/mol. The molecular formula is C20H20F6N4O2. The molecule has 2 N–H and O–H groups in total. The molecule has 0 radical (unpaired) electrons. The number of nitrogens with one attached hydrogen (secondary N) is 2. The Kier molecular flexibility index (Phi) is 6.63. The van der Waals surface area contributed by atoms with Crippen LogP contribution in [0, 0.1) is 0 Å². The van der Waals surface area contributed by atoms with Gasteiger partial charge in [-0.05, 0) is 30.5 Å². The summed E-state index contributed by atoms with van der Waals surface area (Å²) in [5.41, 5.74) is 0.0242. The van der Waals surface area contributed by atoms with Crippen molar-refractivity contribution in [2.75, 3.05) is 19.6 Å². The van der Waals surface area contributed by atoms with E-state index >= 15 is 0 Å². The van der Waals surface area contributed by atoms with Gasteiger partial charge < -0.3 is 10.6 Å². The van der Waals surface area contributed by atoms with Crippen molar-refractivity contribution < 1.29 is 35.9 Å². The number of hydrogen-bond donors (Lipinski definition) is 2. The average molecular weight is 462 g/mol. The van der Waals surface area contributed by atoms with E-state index in [1.807, 2.05) is 35.2 Å². The Bertz CT molecular complexity index is 984. The lowest BCUT2D eigenvalue weighted by Crippen LogP contribution is -2.63. The molecule has 6 nitrogen and oxygen atoms in total. The molecule has 0 spiro atoms. The Hall–Kier alpha value is -2.89. The van der Waals surface area contributed by atoms with Crippen molar-refractivity contribution >= 4 is 22.7 Å². The summed E-state index contributed by atoms with van der Waals surface area (Å²) in [6.45, 7) is 0.0638. The number of para-hydroxylation sites is 1. The van der Waals surface area contributed by atoms with Crippen LogP contribution in [-0.4, -0.2) is 59.2 Å². The zero-order chi connectivity index (χ0) is 23.6. The maximum absolute atomic E-state index is 12.8. The molecule has 2 amide bonds. The van der Waals surface area contributed by atoms with Gasteiger partial charge in [0.1, 0.15) is 0 Å². The number of carbonyl (C=O) groups excluding carboxylic acids is 2. The fourth-order valence-electron chi connectivity index (χ4n) is 3.61. The summed E-state index contributed by atoms with van der Waals surface area (Å²) in [4.78, 5) is 28.9. The van der Waals surface area contributed by atoms with Crippen molar-refractivity contribution in [3.8, 4) is 0 Å². The Morgan fingerprint density at radius 2 is 1.62 bits per heavy atom. The molecule has 0 bridgehead atoms. The Balaban J connectivity index is 1.68. The highest BCUT2D eigenvalue weighted by Crippen LogP contribution is 2.27. The van der Waals surface area contributed by atoms with E-state index in [2.05, 4.69) is 4.98 Å². The van der Waals surface area contributed by atoms with Crippen LogP contribution in [-0.2, 0) is 16.1 Å². The number of likely N-dealkylation sites (tertiary alicyclic amines) is 1. The van der Waals surface area contributed by atoms with Gasteiger partial charge in [0.25, 0.3) is 0 Å². The Morgan fingerprint density at radius 3 is 2.25 bits per heavy atom. The number of rotatable bonds is 5. The molecule has 1 fully saturated rings. The topological polar surface area (TPSA) is 74.3 Å². The molecule has 2 aromatic rings. The van der Waals surface area contributed by atoms with E-state index in [0.717, 1.165) is 16.5 Å². The van der Waals surface area contributed by atoms with Crippen LogP contribution in [0.1, 0.15) is 18.4 Å². The number of halogens is 6. The molecule has 1 aliphatic heterocycles. The number of carbonyl (C=O) groups is 2. The molecule has 0 unspecified atom stereocenters. The highest BCUT2D eigenvalue weighted by molar-refractivity contribution is 5.83. The molecule has 1 aliphatic rings. The highest BCUT2D eigenvalue weighted by Gasteiger charge is 2.46. The number of hydrogen-bond acceptors (Lipinski definition) is 4. The number of amides is 2. The largest absolute Gasteiger partial charge is 0.471 e. The average Bonchev–Trinajstić information content (AvgIpc) is 2.72. The summed E-state index contributed by atoms with van der Waals surface area (Å²) in [7, 11) is 0. The molecule has 0 saturated carbocycles. The number of fused-ring (bicyclic) bond motifs is 1. The minimum atomic E-state index is -5.20. The van der Waals surface area contributed by atoms with Crippen LogP contribution in [0.25, 0.3) is 10.9 Å². The molecule has 1 saturated heterocycles. The quantitative estimate of drug-likeness (QED) is 0.671. The first-order valence-corrected chi connectivity index (χ1v) is 9.68. The van der Waals surface area contributed by atoms with Crippen LogP contribution in [0.4, 0.5) is 26.3 Å². The fraction of sp³-hybridized carbons (Fsp3) is 0.450. The SMILES string of the molecule is O=C(NCC1(NC(=O)C(F)(F)F)CCN(Cc2cnc3ccccc3c2)CC1)C(F)(F)F. The molecule has 0 aliphatic carbocycles. The summed E-state index contributed by atoms with van der Waals surface area (Å²) < 4.78 is 75.8. The van der Waals surface area contributed by atoms with Crippen molar-refractivity contribution in [1.82, 2.24) is 20.5 Å². The number of piperidine rings is 1. The van der Waals surface area contributed by atoms with E-state index in [-0.39, 0.29) is 25.9 Å². The first-order valence-electron chi connectivity index (χ1n) is 9.68. The molecule has 0 atom stereocenters. The van der Waals surface area contributed by atoms with E-state index < -0.39 is 36.3 Å². The van der Waals surface area contributed by atoms with Gasteiger partial charge >= 0.3 is 24.2 Å². The van der Waals surface area contributed by atoms with Gasteiger partial charge in [0.15, 0.2) is 0 Å². The second kappa shape index (κ2) is 8.93. The normalized spacial score (nSPS) is 17.2. The zero-order valence-corrected chi connectivity index (χ0v) is 16.7. The number of nitrogens with zero attached hydrogens (tertiary/aromatic N) is 2. The lowest BCUT2D eigenvalue weighted by atomic mass is 9.86. The van der Waals surface area contributed by atoms with Crippen LogP contribution < -0.4 is 10.6 Å². The minimum Gasteiger partial charge on any atom is -0.346 e. The maximum Gasteiger partial charge on any atom is 0.471 e. The van der Waals surface area contributed by atoms with E-state index in [1.165, 1.54) is 0 Å². The van der Waals surface area contributed by atoms with E-state index in [1.54, 1.807) is 16.8 Å². The summed E-state index contributed by atoms with van der Waals surface area (Å²) >= 11 is 0. The van der Waals surface area contributed by atoms with Gasteiger partial charge in [-0.15, -0.1) is 0 Å². The van der Waals surface area contributed by atoms with Crippen molar-refractivity contribution in [2.45, 2.75) is 37.3 Å². The van der Waals surface area contributed by atoms with Crippen LogP contribution in [0.5, 0.6) is 0 Å². The van der Waals surface area contributed by atoms with Gasteiger partial charge in [0.05, 0.1) is 11.1 Å². The van der Waals surface area contributed by atoms with Crippen LogP contribution in [0.2, 0.25) is 0 Å². The third kappa shape index (κ3) is 5.87. The summed E-state index contributed by atoms with van der Waals surface area (Å²) in [6.07, 6.45) is -8.85. The van der Waals surface area contributed by atoms with Crippen molar-refractivity contribution in [3.05, 3.63) is 42.1 Å². The number of aromatic nitrogens is 1. The number of pyridine rings is 1. The molecule has 12 heteroatoms. The molecule has 1 aromatic heterocycles. The molecule has 32 heavy (non-hydrogen) atoms. The lowest BCUT2D eigenvalue weighted by molar-refractivity contribution is -0.177. The Morgan fingerprint density at radius 1 is 1.00 bits per heavy atom. The highest BCUT2D eigenvalue weighted by atomic mass is 19.4. The summed E-state index contributed by atoms with van der Waals surface area (Å²) in [5, 5.41) is 4.32. The van der Waals surface area contributed by atoms with Gasteiger partial charge in [-0.3, -0.25) is 19.5 Å². The predicted octanol–water partition coefficient (Wildman–Crippen LogP) is 2.93. The molecule has 2 heterocycles. The third-order valence-corrected chi connectivity index (χ3v) is 5.35. The smallest absolute Gasteiger partial charge is 0.346 e. The number of alkyl halides is 6. The standard InChI is InChI=1S/C20H20F6N4O2/c21-19(22,23)16(31)28-12-18(29-17(32)20(24,25)26)5-7-30(8-6-18)11-13-9-14-3-1-2-4-15(14)27-10-13/h1-4,9-10H,5-8,11-12H2,(H,28,31)(H,29,32). The number of benzene rings is 1. The fourth-order valence-corrected chi connectivity index (χ4v) is 3.61. The van der Waals surface area contributed by atoms with Gasteiger partial charge in [0, 0.05) is 37.8 Å². The summed E-state index contributed by atoms with van der Waals surface area (Å²) in [5.74, 6) is -4.53. The first-order chi connectivity index (χ1) is 14.9. The molecule has 1 aromatic carbocycles. The summed E-state index contributed by atoms with van der Waals surface area (Å²) in [6, 6.07) is 9.39. The van der Waals surface area contributed by atoms with Crippen LogP contribution in [0.3, 0.4) is 0 Å². The van der Waals surface area contributed by atoms with Gasteiger partial charge in [-0.2, -0.15) is 26.3 Å². The molecule has 3 rings (SSSR count). The van der Waals surface area contributed by atoms with Crippen LogP contribution in [0.15, 0.2) is 36.5 Å². The van der Waals surface area contributed by atoms with Crippen LogP contribution >= 0.6 is 0 Å². The van der Waals surface area contributed by atoms with Gasteiger partial charge in [0.2, 0.25) is 0 Å². The zero-order valence-electron chi connectivity index (χ0n) is 16.7. The minimum absolute atomic E-state index is 0.0754. The first kappa shape index (κ1) is 23.8. The van der Waals surface area contributed by atoms with Crippen molar-refractivity contribution in [2.24, 2.45) is 0 Å². The molecular weight excluding hydrogens is 442 g/mol. The van der Waals surface area contributed by atoms with Crippen molar-refractivity contribution in [3.63, 3.8) is 0 Å². The second-order valence-corrected chi connectivity index (χ2v) is 7.73. The lowest BCUT2D eigenvalue weighted by Gasteiger charge is -2.42. The Labute approximate surface area is 179 Å². The van der Waals surface area contributed by atoms with Gasteiger partial charge in [-0.25, -0.2) is 0 Å². The second-order valence-electron chi connectivity index (χ2n) is 7.73. The van der Waals surface area contributed by atoms with Crippen molar-refractivity contribution in [1.29, 1.82) is 0 Å². The third-order valence-electron chi connectivity index (χ3n) is 5.35. The van der Waals surface area contributed by atoms with E-state index in [9.17, 15) is 35.9 Å². The molecule has 174 valence electrons. The monoisotopic (exact) mass is 462 g/mol. The van der Waals surface area contributed by atoms with E-state index in [4.69, 9.17) is 0 Å². The van der Waals surface area contributed by atoms with Gasteiger partial charge in [-0.1, -0.05) is 18.2 Å². The van der Waals surface area contributed by atoms with E-state index in [0.29, 0.717) is 6.54 Å².